The number of aromatic nitrogens is 2. The van der Waals surface area contributed by atoms with Crippen molar-refractivity contribution >= 4 is 34.7 Å². The average Bonchev–Trinajstić information content (AvgIpc) is 2.29. The lowest BCUT2D eigenvalue weighted by atomic mass is 10.5. The quantitative estimate of drug-likeness (QED) is 0.775. The summed E-state index contributed by atoms with van der Waals surface area (Å²) >= 11 is 10.9. The Labute approximate surface area is 105 Å². The van der Waals surface area contributed by atoms with Crippen molar-refractivity contribution in [2.24, 2.45) is 0 Å². The molecule has 7 heteroatoms. The Morgan fingerprint density at radius 3 is 2.81 bits per heavy atom. The number of nitrogens with zero attached hydrogens (tertiary/aromatic N) is 3. The summed E-state index contributed by atoms with van der Waals surface area (Å²) < 4.78 is 0. The van der Waals surface area contributed by atoms with Gasteiger partial charge in [-0.05, 0) is 12.2 Å². The zero-order valence-corrected chi connectivity index (χ0v) is 10.8. The van der Waals surface area contributed by atoms with Crippen LogP contribution in [0, 0.1) is 0 Å². The molecule has 88 valence electrons. The van der Waals surface area contributed by atoms with Crippen molar-refractivity contribution in [1.29, 1.82) is 0 Å². The Balaban J connectivity index is 2.44. The van der Waals surface area contributed by atoms with Gasteiger partial charge in [-0.15, -0.1) is 0 Å². The molecular formula is C9H14ClN5S. The average molecular weight is 260 g/mol. The van der Waals surface area contributed by atoms with E-state index in [1.54, 1.807) is 19.4 Å². The first-order chi connectivity index (χ1) is 7.65. The summed E-state index contributed by atoms with van der Waals surface area (Å²) in [7, 11) is 3.68. The molecule has 0 radical (unpaired) electrons. The second-order valence-electron chi connectivity index (χ2n) is 3.10. The smallest absolute Gasteiger partial charge is 0.171 e. The van der Waals surface area contributed by atoms with Gasteiger partial charge in [0.05, 0.1) is 0 Å². The van der Waals surface area contributed by atoms with Gasteiger partial charge in [-0.3, -0.25) is 0 Å². The van der Waals surface area contributed by atoms with Crippen LogP contribution in [0.2, 0.25) is 5.15 Å². The molecule has 1 aromatic heterocycles. The lowest BCUT2D eigenvalue weighted by Gasteiger charge is -2.19. The first-order valence-corrected chi connectivity index (χ1v) is 5.57. The summed E-state index contributed by atoms with van der Waals surface area (Å²) in [6.45, 7) is 1.45. The molecule has 0 saturated heterocycles. The summed E-state index contributed by atoms with van der Waals surface area (Å²) in [4.78, 5) is 10.0. The van der Waals surface area contributed by atoms with Crippen LogP contribution in [-0.2, 0) is 0 Å². The Hall–Kier alpha value is -1.14. The van der Waals surface area contributed by atoms with Gasteiger partial charge >= 0.3 is 0 Å². The molecular weight excluding hydrogens is 246 g/mol. The zero-order valence-electron chi connectivity index (χ0n) is 9.20. The standard InChI is InChI=1S/C9H14ClN5S/c1-11-9(16)14-5-6-15(2)8-7(10)12-3-4-13-8/h3-4H,5-6H2,1-2H3,(H2,11,14,16). The van der Waals surface area contributed by atoms with Crippen molar-refractivity contribution in [2.75, 3.05) is 32.1 Å². The van der Waals surface area contributed by atoms with Crippen LogP contribution < -0.4 is 15.5 Å². The Morgan fingerprint density at radius 1 is 1.50 bits per heavy atom. The molecule has 16 heavy (non-hydrogen) atoms. The normalized spacial score (nSPS) is 9.69. The highest BCUT2D eigenvalue weighted by molar-refractivity contribution is 7.80. The topological polar surface area (TPSA) is 53.1 Å². The number of anilines is 1. The summed E-state index contributed by atoms with van der Waals surface area (Å²) in [6.07, 6.45) is 3.18. The molecule has 0 aromatic carbocycles. The number of hydrogen-bond donors (Lipinski definition) is 2. The third kappa shape index (κ3) is 3.79. The fourth-order valence-corrected chi connectivity index (χ4v) is 1.45. The van der Waals surface area contributed by atoms with E-state index in [-0.39, 0.29) is 0 Å². The lowest BCUT2D eigenvalue weighted by Crippen LogP contribution is -2.38. The summed E-state index contributed by atoms with van der Waals surface area (Å²) in [5, 5.41) is 6.91. The predicted octanol–water partition coefficient (Wildman–Crippen LogP) is 0.660. The van der Waals surface area contributed by atoms with E-state index in [4.69, 9.17) is 23.8 Å². The van der Waals surface area contributed by atoms with Gasteiger partial charge in [0.15, 0.2) is 16.1 Å². The van der Waals surface area contributed by atoms with Crippen LogP contribution in [0.3, 0.4) is 0 Å². The van der Waals surface area contributed by atoms with Crippen LogP contribution in [0.15, 0.2) is 12.4 Å². The minimum absolute atomic E-state index is 0.404. The van der Waals surface area contributed by atoms with Crippen molar-refractivity contribution < 1.29 is 0 Å². The molecule has 0 unspecified atom stereocenters. The Morgan fingerprint density at radius 2 is 2.19 bits per heavy atom. The van der Waals surface area contributed by atoms with Gasteiger partial charge < -0.3 is 15.5 Å². The van der Waals surface area contributed by atoms with Crippen LogP contribution in [0.5, 0.6) is 0 Å². The molecule has 0 aliphatic heterocycles. The Bertz CT molecular complexity index is 360. The van der Waals surface area contributed by atoms with E-state index in [1.165, 1.54) is 0 Å². The maximum absolute atomic E-state index is 5.91. The third-order valence-corrected chi connectivity index (χ3v) is 2.57. The number of nitrogens with one attached hydrogen (secondary N) is 2. The summed E-state index contributed by atoms with van der Waals surface area (Å²) in [5.41, 5.74) is 0. The zero-order chi connectivity index (χ0) is 12.0. The summed E-state index contributed by atoms with van der Waals surface area (Å²) in [6, 6.07) is 0. The van der Waals surface area contributed by atoms with E-state index in [1.807, 2.05) is 11.9 Å². The molecule has 0 fully saturated rings. The van der Waals surface area contributed by atoms with E-state index in [0.717, 1.165) is 6.54 Å². The van der Waals surface area contributed by atoms with E-state index in [0.29, 0.717) is 22.6 Å². The minimum atomic E-state index is 0.404. The van der Waals surface area contributed by atoms with Crippen LogP contribution in [0.4, 0.5) is 5.82 Å². The van der Waals surface area contributed by atoms with Crippen LogP contribution in [0.25, 0.3) is 0 Å². The second-order valence-corrected chi connectivity index (χ2v) is 3.86. The molecule has 0 aliphatic rings. The van der Waals surface area contributed by atoms with Gasteiger partial charge in [-0.1, -0.05) is 11.6 Å². The minimum Gasteiger partial charge on any atom is -0.366 e. The molecule has 2 N–H and O–H groups in total. The molecule has 0 spiro atoms. The van der Waals surface area contributed by atoms with Crippen molar-refractivity contribution in [3.8, 4) is 0 Å². The maximum Gasteiger partial charge on any atom is 0.171 e. The highest BCUT2D eigenvalue weighted by Gasteiger charge is 2.07. The monoisotopic (exact) mass is 259 g/mol. The van der Waals surface area contributed by atoms with E-state index in [2.05, 4.69) is 20.6 Å². The van der Waals surface area contributed by atoms with E-state index in [9.17, 15) is 0 Å². The van der Waals surface area contributed by atoms with Gasteiger partial charge in [-0.2, -0.15) is 0 Å². The first kappa shape index (κ1) is 12.9. The van der Waals surface area contributed by atoms with Gasteiger partial charge in [0.2, 0.25) is 0 Å². The predicted molar refractivity (Wildman–Crippen MR) is 70.0 cm³/mol. The van der Waals surface area contributed by atoms with E-state index < -0.39 is 0 Å². The third-order valence-electron chi connectivity index (χ3n) is 1.96. The number of rotatable bonds is 4. The molecule has 0 aliphatic carbocycles. The largest absolute Gasteiger partial charge is 0.366 e. The maximum atomic E-state index is 5.91. The first-order valence-electron chi connectivity index (χ1n) is 4.78. The molecule has 0 atom stereocenters. The van der Waals surface area contributed by atoms with Crippen LogP contribution >= 0.6 is 23.8 Å². The lowest BCUT2D eigenvalue weighted by molar-refractivity contribution is 0.802. The SMILES string of the molecule is CNC(=S)NCCN(C)c1nccnc1Cl. The van der Waals surface area contributed by atoms with Crippen molar-refractivity contribution in [2.45, 2.75) is 0 Å². The fraction of sp³-hybridized carbons (Fsp3) is 0.444. The molecule has 1 heterocycles. The van der Waals surface area contributed by atoms with E-state index >= 15 is 0 Å². The number of halogens is 1. The Kier molecular flexibility index (Phi) is 5.21. The fourth-order valence-electron chi connectivity index (χ4n) is 1.10. The molecule has 1 rings (SSSR count). The van der Waals surface area contributed by atoms with Crippen molar-refractivity contribution in [3.63, 3.8) is 0 Å². The number of likely N-dealkylation sites (N-methyl/N-ethyl adjacent to an activating group) is 1. The second kappa shape index (κ2) is 6.44. The van der Waals surface area contributed by atoms with Gasteiger partial charge in [0.25, 0.3) is 0 Å². The van der Waals surface area contributed by atoms with Crippen molar-refractivity contribution in [1.82, 2.24) is 20.6 Å². The molecule has 0 amide bonds. The van der Waals surface area contributed by atoms with Gasteiger partial charge in [0, 0.05) is 39.6 Å². The molecule has 1 aromatic rings. The highest BCUT2D eigenvalue weighted by atomic mass is 35.5. The summed E-state index contributed by atoms with van der Waals surface area (Å²) in [5.74, 6) is 0.668. The number of hydrogen-bond acceptors (Lipinski definition) is 4. The van der Waals surface area contributed by atoms with Crippen LogP contribution in [-0.4, -0.2) is 42.3 Å². The van der Waals surface area contributed by atoms with Gasteiger partial charge in [0.1, 0.15) is 0 Å². The number of thiocarbonyl (C=S) groups is 1. The van der Waals surface area contributed by atoms with Crippen LogP contribution in [0.1, 0.15) is 0 Å². The van der Waals surface area contributed by atoms with Gasteiger partial charge in [-0.25, -0.2) is 9.97 Å². The molecule has 0 bridgehead atoms. The molecule has 5 nitrogen and oxygen atoms in total. The molecule has 0 saturated carbocycles. The highest BCUT2D eigenvalue weighted by Crippen LogP contribution is 2.17. The van der Waals surface area contributed by atoms with Crippen molar-refractivity contribution in [3.05, 3.63) is 17.5 Å².